The Morgan fingerprint density at radius 3 is 2.53 bits per heavy atom. The highest BCUT2D eigenvalue weighted by atomic mass is 32.1. The highest BCUT2D eigenvalue weighted by Crippen LogP contribution is 2.31. The normalized spacial score (nSPS) is 10.7. The minimum atomic E-state index is -1.55. The number of hydrogen-bond donors (Lipinski definition) is 2. The molecule has 0 saturated heterocycles. The zero-order valence-electron chi connectivity index (χ0n) is 15.2. The van der Waals surface area contributed by atoms with Crippen LogP contribution < -0.4 is 5.32 Å². The van der Waals surface area contributed by atoms with E-state index < -0.39 is 28.1 Å². The zero-order chi connectivity index (χ0) is 21.3. The van der Waals surface area contributed by atoms with E-state index in [1.807, 2.05) is 42.5 Å². The number of fused-ring (bicyclic) bond motifs is 1. The fraction of sp³-hybridized carbons (Fsp3) is 0. The summed E-state index contributed by atoms with van der Waals surface area (Å²) >= 11 is 1.18. The zero-order valence-corrected chi connectivity index (χ0v) is 16.1. The van der Waals surface area contributed by atoms with Crippen LogP contribution in [0.1, 0.15) is 20.7 Å². The number of aromatic nitrogens is 1. The number of anilines is 1. The van der Waals surface area contributed by atoms with Crippen LogP contribution >= 0.6 is 11.3 Å². The van der Waals surface area contributed by atoms with Crippen molar-refractivity contribution in [3.63, 3.8) is 0 Å². The largest absolute Gasteiger partial charge is 0.477 e. The number of rotatable bonds is 5. The number of aromatic carboxylic acids is 1. The molecule has 9 heteroatoms. The number of carboxylic acid groups (broad SMARTS) is 1. The number of nitrogens with one attached hydrogen (secondary N) is 1. The van der Waals surface area contributed by atoms with E-state index >= 15 is 0 Å². The van der Waals surface area contributed by atoms with Crippen LogP contribution in [0.2, 0.25) is 0 Å². The standard InChI is InChI=1S/C21H13N3O5S/c25-19(15-9-4-10-17(24(28)29)18(15)20(26)27)23-21-22-16(11-30-21)14-8-3-6-12-5-1-2-7-13(12)14/h1-11H,(H,26,27)(H,22,23,25). The summed E-state index contributed by atoms with van der Waals surface area (Å²) in [4.78, 5) is 38.9. The molecule has 0 aliphatic carbocycles. The SMILES string of the molecule is O=C(Nc1nc(-c2cccc3ccccc23)cs1)c1cccc([N+](=O)[O-])c1C(=O)O. The first kappa shape index (κ1) is 19.2. The van der Waals surface area contributed by atoms with Gasteiger partial charge in [-0.25, -0.2) is 9.78 Å². The van der Waals surface area contributed by atoms with Gasteiger partial charge in [0.15, 0.2) is 5.13 Å². The second kappa shape index (κ2) is 7.72. The average molecular weight is 419 g/mol. The lowest BCUT2D eigenvalue weighted by molar-refractivity contribution is -0.385. The molecule has 1 amide bonds. The maximum absolute atomic E-state index is 12.6. The van der Waals surface area contributed by atoms with Crippen molar-refractivity contribution in [2.24, 2.45) is 0 Å². The summed E-state index contributed by atoms with van der Waals surface area (Å²) in [5.41, 5.74) is -0.0637. The molecule has 30 heavy (non-hydrogen) atoms. The van der Waals surface area contributed by atoms with Gasteiger partial charge in [-0.15, -0.1) is 11.3 Å². The van der Waals surface area contributed by atoms with Gasteiger partial charge in [0.05, 0.1) is 16.2 Å². The number of benzene rings is 3. The number of hydrogen-bond acceptors (Lipinski definition) is 6. The third-order valence-electron chi connectivity index (χ3n) is 4.49. The Morgan fingerprint density at radius 2 is 1.77 bits per heavy atom. The van der Waals surface area contributed by atoms with Crippen LogP contribution in [0.15, 0.2) is 66.0 Å². The van der Waals surface area contributed by atoms with Gasteiger partial charge in [0, 0.05) is 17.0 Å². The first-order chi connectivity index (χ1) is 14.5. The van der Waals surface area contributed by atoms with Crippen molar-refractivity contribution in [3.8, 4) is 11.3 Å². The van der Waals surface area contributed by atoms with Gasteiger partial charge in [-0.05, 0) is 16.8 Å². The Kier molecular flexibility index (Phi) is 4.95. The van der Waals surface area contributed by atoms with Crippen LogP contribution in [-0.4, -0.2) is 26.9 Å². The summed E-state index contributed by atoms with van der Waals surface area (Å²) in [7, 11) is 0. The molecule has 0 atom stereocenters. The van der Waals surface area contributed by atoms with E-state index in [2.05, 4.69) is 10.3 Å². The van der Waals surface area contributed by atoms with Crippen LogP contribution in [0.4, 0.5) is 10.8 Å². The first-order valence-electron chi connectivity index (χ1n) is 8.71. The summed E-state index contributed by atoms with van der Waals surface area (Å²) in [6.45, 7) is 0. The van der Waals surface area contributed by atoms with Gasteiger partial charge in [0.25, 0.3) is 11.6 Å². The molecule has 148 valence electrons. The van der Waals surface area contributed by atoms with E-state index in [1.165, 1.54) is 23.5 Å². The Labute approximate surface area is 173 Å². The molecular formula is C21H13N3O5S. The molecule has 0 saturated carbocycles. The molecule has 0 spiro atoms. The molecule has 2 N–H and O–H groups in total. The molecule has 3 aromatic carbocycles. The molecule has 4 rings (SSSR count). The van der Waals surface area contributed by atoms with E-state index in [9.17, 15) is 24.8 Å². The topological polar surface area (TPSA) is 122 Å². The third kappa shape index (κ3) is 3.49. The number of nitro benzene ring substituents is 1. The fourth-order valence-corrected chi connectivity index (χ4v) is 3.88. The van der Waals surface area contributed by atoms with Gasteiger partial charge in [0.2, 0.25) is 0 Å². The number of amides is 1. The number of carboxylic acids is 1. The van der Waals surface area contributed by atoms with E-state index in [0.717, 1.165) is 22.4 Å². The summed E-state index contributed by atoms with van der Waals surface area (Å²) in [5.74, 6) is -2.34. The molecule has 0 unspecified atom stereocenters. The molecule has 8 nitrogen and oxygen atoms in total. The first-order valence-corrected chi connectivity index (χ1v) is 9.59. The van der Waals surface area contributed by atoms with Crippen molar-refractivity contribution >= 4 is 44.8 Å². The summed E-state index contributed by atoms with van der Waals surface area (Å²) < 4.78 is 0. The Bertz CT molecular complexity index is 1310. The van der Waals surface area contributed by atoms with E-state index in [0.29, 0.717) is 5.69 Å². The van der Waals surface area contributed by atoms with Crippen molar-refractivity contribution in [1.29, 1.82) is 0 Å². The molecule has 0 aliphatic rings. The van der Waals surface area contributed by atoms with Crippen LogP contribution in [0.5, 0.6) is 0 Å². The molecule has 0 aliphatic heterocycles. The minimum absolute atomic E-state index is 0.255. The number of carbonyl (C=O) groups excluding carboxylic acids is 1. The lowest BCUT2D eigenvalue weighted by Crippen LogP contribution is -2.17. The molecule has 4 aromatic rings. The van der Waals surface area contributed by atoms with Crippen LogP contribution in [0.3, 0.4) is 0 Å². The maximum atomic E-state index is 12.6. The summed E-state index contributed by atoms with van der Waals surface area (Å²) in [6.07, 6.45) is 0. The maximum Gasteiger partial charge on any atom is 0.343 e. The van der Waals surface area contributed by atoms with Crippen LogP contribution in [0, 0.1) is 10.1 Å². The second-order valence-corrected chi connectivity index (χ2v) is 7.14. The number of thiazole rings is 1. The number of nitrogens with zero attached hydrogens (tertiary/aromatic N) is 2. The quantitative estimate of drug-likeness (QED) is 0.353. The molecule has 0 bridgehead atoms. The monoisotopic (exact) mass is 419 g/mol. The predicted molar refractivity (Wildman–Crippen MR) is 113 cm³/mol. The minimum Gasteiger partial charge on any atom is -0.477 e. The van der Waals surface area contributed by atoms with E-state index in [-0.39, 0.29) is 10.7 Å². The van der Waals surface area contributed by atoms with Crippen molar-refractivity contribution in [1.82, 2.24) is 4.98 Å². The Balaban J connectivity index is 1.67. The Hall–Kier alpha value is -4.11. The molecule has 0 fully saturated rings. The van der Waals surface area contributed by atoms with Crippen LogP contribution in [-0.2, 0) is 0 Å². The molecule has 1 aromatic heterocycles. The third-order valence-corrected chi connectivity index (χ3v) is 5.25. The summed E-state index contributed by atoms with van der Waals surface area (Å²) in [6, 6.07) is 17.2. The highest BCUT2D eigenvalue weighted by Gasteiger charge is 2.27. The van der Waals surface area contributed by atoms with Gasteiger partial charge < -0.3 is 5.11 Å². The van der Waals surface area contributed by atoms with Gasteiger partial charge in [-0.2, -0.15) is 0 Å². The Morgan fingerprint density at radius 1 is 1.03 bits per heavy atom. The number of nitro groups is 1. The van der Waals surface area contributed by atoms with E-state index in [1.54, 1.807) is 5.38 Å². The molecule has 0 radical (unpaired) electrons. The fourth-order valence-electron chi connectivity index (χ4n) is 3.17. The molecular weight excluding hydrogens is 406 g/mol. The van der Waals surface area contributed by atoms with E-state index in [4.69, 9.17) is 0 Å². The lowest BCUT2D eigenvalue weighted by atomic mass is 10.0. The van der Waals surface area contributed by atoms with Crippen molar-refractivity contribution in [2.75, 3.05) is 5.32 Å². The van der Waals surface area contributed by atoms with Crippen molar-refractivity contribution in [2.45, 2.75) is 0 Å². The molecule has 1 heterocycles. The van der Waals surface area contributed by atoms with Gasteiger partial charge in [0.1, 0.15) is 5.56 Å². The summed E-state index contributed by atoms with van der Waals surface area (Å²) in [5, 5.41) is 27.1. The average Bonchev–Trinajstić information content (AvgIpc) is 3.20. The van der Waals surface area contributed by atoms with Gasteiger partial charge >= 0.3 is 5.97 Å². The highest BCUT2D eigenvalue weighted by molar-refractivity contribution is 7.14. The van der Waals surface area contributed by atoms with Gasteiger partial charge in [-0.3, -0.25) is 20.2 Å². The van der Waals surface area contributed by atoms with Crippen LogP contribution in [0.25, 0.3) is 22.0 Å². The second-order valence-electron chi connectivity index (χ2n) is 6.28. The number of carbonyl (C=O) groups is 2. The van der Waals surface area contributed by atoms with Crippen molar-refractivity contribution < 1.29 is 19.6 Å². The van der Waals surface area contributed by atoms with Gasteiger partial charge in [-0.1, -0.05) is 48.5 Å². The smallest absolute Gasteiger partial charge is 0.343 e. The van der Waals surface area contributed by atoms with Crippen molar-refractivity contribution in [3.05, 3.63) is 87.3 Å². The predicted octanol–water partition coefficient (Wildman–Crippen LogP) is 4.82. The lowest BCUT2D eigenvalue weighted by Gasteiger charge is -2.06.